The minimum atomic E-state index is -2.97. The van der Waals surface area contributed by atoms with Gasteiger partial charge in [-0.15, -0.1) is 0 Å². The molecule has 7 heteroatoms. The zero-order chi connectivity index (χ0) is 14.3. The lowest BCUT2D eigenvalue weighted by Crippen LogP contribution is -2.30. The lowest BCUT2D eigenvalue weighted by atomic mass is 10.2. The van der Waals surface area contributed by atoms with Crippen molar-refractivity contribution in [2.24, 2.45) is 5.73 Å². The van der Waals surface area contributed by atoms with E-state index in [1.807, 2.05) is 12.1 Å². The summed E-state index contributed by atoms with van der Waals surface area (Å²) >= 11 is 0. The van der Waals surface area contributed by atoms with Gasteiger partial charge in [0.25, 0.3) is 0 Å². The molecule has 2 amide bonds. The summed E-state index contributed by atoms with van der Waals surface area (Å²) in [4.78, 5) is 11.5. The van der Waals surface area contributed by atoms with Crippen LogP contribution in [0.4, 0.5) is 10.5 Å². The molecule has 0 spiro atoms. The van der Waals surface area contributed by atoms with E-state index in [4.69, 9.17) is 5.73 Å². The fourth-order valence-corrected chi connectivity index (χ4v) is 2.10. The molecular weight excluding hydrogens is 266 g/mol. The highest BCUT2D eigenvalue weighted by Crippen LogP contribution is 2.08. The Kier molecular flexibility index (Phi) is 5.78. The molecule has 0 unspecified atom stereocenters. The maximum atomic E-state index is 11.5. The molecule has 4 N–H and O–H groups in total. The zero-order valence-electron chi connectivity index (χ0n) is 10.8. The maximum absolute atomic E-state index is 11.5. The summed E-state index contributed by atoms with van der Waals surface area (Å²) in [5.41, 5.74) is 7.12. The van der Waals surface area contributed by atoms with Crippen LogP contribution in [0.2, 0.25) is 0 Å². The molecule has 0 bridgehead atoms. The van der Waals surface area contributed by atoms with Gasteiger partial charge in [0.1, 0.15) is 9.84 Å². The molecule has 0 fully saturated rings. The van der Waals surface area contributed by atoms with Crippen molar-refractivity contribution in [2.45, 2.75) is 13.0 Å². The van der Waals surface area contributed by atoms with E-state index >= 15 is 0 Å². The first-order valence-corrected chi connectivity index (χ1v) is 7.98. The van der Waals surface area contributed by atoms with E-state index in [0.29, 0.717) is 25.2 Å². The van der Waals surface area contributed by atoms with E-state index in [1.54, 1.807) is 12.1 Å². The normalized spacial score (nSPS) is 11.1. The molecule has 6 nitrogen and oxygen atoms in total. The Bertz CT molecular complexity index is 512. The monoisotopic (exact) mass is 285 g/mol. The van der Waals surface area contributed by atoms with Crippen molar-refractivity contribution in [3.05, 3.63) is 29.8 Å². The van der Waals surface area contributed by atoms with Crippen molar-refractivity contribution in [1.82, 2.24) is 5.32 Å². The molecule has 0 atom stereocenters. The fraction of sp³-hybridized carbons (Fsp3) is 0.417. The molecular formula is C12H19N3O3S. The van der Waals surface area contributed by atoms with Gasteiger partial charge in [0.05, 0.1) is 5.75 Å². The molecule has 0 radical (unpaired) electrons. The summed E-state index contributed by atoms with van der Waals surface area (Å²) in [7, 11) is -2.97. The van der Waals surface area contributed by atoms with E-state index in [2.05, 4.69) is 10.6 Å². The summed E-state index contributed by atoms with van der Waals surface area (Å²) in [6.45, 7) is 0.776. The van der Waals surface area contributed by atoms with Gasteiger partial charge in [-0.2, -0.15) is 0 Å². The third kappa shape index (κ3) is 6.78. The minimum Gasteiger partial charge on any atom is -0.338 e. The second kappa shape index (κ2) is 7.10. The van der Waals surface area contributed by atoms with Crippen LogP contribution < -0.4 is 16.4 Å². The van der Waals surface area contributed by atoms with Crippen molar-refractivity contribution < 1.29 is 13.2 Å². The molecule has 0 saturated heterocycles. The first kappa shape index (κ1) is 15.5. The number of nitrogens with one attached hydrogen (secondary N) is 2. The largest absolute Gasteiger partial charge is 0.338 e. The summed E-state index contributed by atoms with van der Waals surface area (Å²) < 4.78 is 21.8. The Labute approximate surface area is 113 Å². The Morgan fingerprint density at radius 2 is 1.89 bits per heavy atom. The number of sulfone groups is 1. The van der Waals surface area contributed by atoms with Crippen LogP contribution in [-0.2, 0) is 16.4 Å². The average molecular weight is 285 g/mol. The number of amides is 2. The van der Waals surface area contributed by atoms with Crippen LogP contribution in [-0.4, -0.2) is 33.0 Å². The molecule has 1 aromatic carbocycles. The van der Waals surface area contributed by atoms with Crippen LogP contribution >= 0.6 is 0 Å². The molecule has 1 aromatic rings. The first-order valence-electron chi connectivity index (χ1n) is 5.92. The predicted octanol–water partition coefficient (Wildman–Crippen LogP) is 0.702. The highest BCUT2D eigenvalue weighted by molar-refractivity contribution is 7.90. The Morgan fingerprint density at radius 3 is 2.42 bits per heavy atom. The Morgan fingerprint density at radius 1 is 1.26 bits per heavy atom. The quantitative estimate of drug-likeness (QED) is 0.670. The van der Waals surface area contributed by atoms with Crippen LogP contribution in [0.1, 0.15) is 12.0 Å². The van der Waals surface area contributed by atoms with E-state index in [0.717, 1.165) is 5.56 Å². The van der Waals surface area contributed by atoms with Gasteiger partial charge in [0.15, 0.2) is 0 Å². The van der Waals surface area contributed by atoms with Crippen LogP contribution in [0.5, 0.6) is 0 Å². The zero-order valence-corrected chi connectivity index (χ0v) is 11.7. The van der Waals surface area contributed by atoms with Crippen molar-refractivity contribution in [1.29, 1.82) is 0 Å². The summed E-state index contributed by atoms with van der Waals surface area (Å²) in [6, 6.07) is 6.84. The van der Waals surface area contributed by atoms with E-state index in [1.165, 1.54) is 6.26 Å². The topological polar surface area (TPSA) is 101 Å². The highest BCUT2D eigenvalue weighted by Gasteiger charge is 2.04. The van der Waals surface area contributed by atoms with E-state index in [9.17, 15) is 13.2 Å². The lowest BCUT2D eigenvalue weighted by Gasteiger charge is -2.07. The second-order valence-corrected chi connectivity index (χ2v) is 6.53. The smallest absolute Gasteiger partial charge is 0.319 e. The molecule has 0 aliphatic heterocycles. The number of nitrogens with two attached hydrogens (primary N) is 1. The number of anilines is 1. The minimum absolute atomic E-state index is 0.0679. The molecule has 0 aliphatic carbocycles. The van der Waals surface area contributed by atoms with Crippen LogP contribution in [0.3, 0.4) is 0 Å². The molecule has 0 aliphatic rings. The molecule has 0 saturated carbocycles. The molecule has 106 valence electrons. The van der Waals surface area contributed by atoms with Gasteiger partial charge in [-0.1, -0.05) is 12.1 Å². The summed E-state index contributed by atoms with van der Waals surface area (Å²) in [5.74, 6) is 0.0679. The second-order valence-electron chi connectivity index (χ2n) is 4.27. The fourth-order valence-electron chi connectivity index (χ4n) is 1.44. The number of carbonyl (C=O) groups is 1. The van der Waals surface area contributed by atoms with Gasteiger partial charge in [-0.3, -0.25) is 0 Å². The summed E-state index contributed by atoms with van der Waals surface area (Å²) in [5, 5.41) is 5.24. The Balaban J connectivity index is 2.30. The SMILES string of the molecule is CS(=O)(=O)CCCNC(=O)Nc1ccc(CN)cc1. The summed E-state index contributed by atoms with van der Waals surface area (Å²) in [6.07, 6.45) is 1.57. The number of hydrogen-bond acceptors (Lipinski definition) is 4. The van der Waals surface area contributed by atoms with Gasteiger partial charge >= 0.3 is 6.03 Å². The number of urea groups is 1. The maximum Gasteiger partial charge on any atom is 0.319 e. The number of hydrogen-bond donors (Lipinski definition) is 3. The average Bonchev–Trinajstić information content (AvgIpc) is 2.34. The molecule has 0 heterocycles. The molecule has 1 rings (SSSR count). The van der Waals surface area contributed by atoms with E-state index < -0.39 is 9.84 Å². The number of benzene rings is 1. The first-order chi connectivity index (χ1) is 8.90. The third-order valence-corrected chi connectivity index (χ3v) is 3.46. The van der Waals surface area contributed by atoms with Crippen molar-refractivity contribution >= 4 is 21.6 Å². The van der Waals surface area contributed by atoms with Crippen molar-refractivity contribution in [3.63, 3.8) is 0 Å². The van der Waals surface area contributed by atoms with Crippen molar-refractivity contribution in [2.75, 3.05) is 23.9 Å². The van der Waals surface area contributed by atoms with E-state index in [-0.39, 0.29) is 11.8 Å². The third-order valence-electron chi connectivity index (χ3n) is 2.42. The van der Waals surface area contributed by atoms with Crippen LogP contribution in [0.15, 0.2) is 24.3 Å². The van der Waals surface area contributed by atoms with Crippen LogP contribution in [0, 0.1) is 0 Å². The van der Waals surface area contributed by atoms with Crippen molar-refractivity contribution in [3.8, 4) is 0 Å². The standard InChI is InChI=1S/C12H19N3O3S/c1-19(17,18)8-2-7-14-12(16)15-11-5-3-10(9-13)4-6-11/h3-6H,2,7-9,13H2,1H3,(H2,14,15,16). The number of carbonyl (C=O) groups excluding carboxylic acids is 1. The van der Waals surface area contributed by atoms with Gasteiger partial charge in [0, 0.05) is 25.0 Å². The van der Waals surface area contributed by atoms with Gasteiger partial charge < -0.3 is 16.4 Å². The van der Waals surface area contributed by atoms with Crippen LogP contribution in [0.25, 0.3) is 0 Å². The van der Waals surface area contributed by atoms with Gasteiger partial charge in [-0.25, -0.2) is 13.2 Å². The van der Waals surface area contributed by atoms with Gasteiger partial charge in [-0.05, 0) is 24.1 Å². The highest BCUT2D eigenvalue weighted by atomic mass is 32.2. The molecule has 19 heavy (non-hydrogen) atoms. The number of rotatable bonds is 6. The predicted molar refractivity (Wildman–Crippen MR) is 75.7 cm³/mol. The van der Waals surface area contributed by atoms with Gasteiger partial charge in [0.2, 0.25) is 0 Å². The molecule has 0 aromatic heterocycles. The lowest BCUT2D eigenvalue weighted by molar-refractivity contribution is 0.252. The Hall–Kier alpha value is -1.60.